The maximum atomic E-state index is 12.9. The number of imidazole rings is 1. The van der Waals surface area contributed by atoms with E-state index in [0.717, 1.165) is 29.9 Å². The molecule has 1 aliphatic carbocycles. The molecule has 2 aromatic heterocycles. The van der Waals surface area contributed by atoms with Crippen LogP contribution in [0.2, 0.25) is 0 Å². The number of aromatic nitrogens is 2. The summed E-state index contributed by atoms with van der Waals surface area (Å²) in [6.45, 7) is 4.10. The number of carbonyl (C=O) groups excluding carboxylic acids is 2. The zero-order valence-corrected chi connectivity index (χ0v) is 16.1. The number of esters is 1. The number of rotatable bonds is 4. The summed E-state index contributed by atoms with van der Waals surface area (Å²) >= 11 is 0. The van der Waals surface area contributed by atoms with E-state index >= 15 is 0 Å². The van der Waals surface area contributed by atoms with Crippen molar-refractivity contribution in [2.45, 2.75) is 33.1 Å². The lowest BCUT2D eigenvalue weighted by molar-refractivity contribution is -0.120. The molecule has 144 valence electrons. The minimum atomic E-state index is -0.429. The molecule has 0 saturated carbocycles. The lowest BCUT2D eigenvalue weighted by Gasteiger charge is -2.22. The highest BCUT2D eigenvalue weighted by atomic mass is 16.5. The van der Waals surface area contributed by atoms with Gasteiger partial charge in [0.05, 0.1) is 23.6 Å². The summed E-state index contributed by atoms with van der Waals surface area (Å²) in [6, 6.07) is 11.1. The van der Waals surface area contributed by atoms with Gasteiger partial charge in [0.2, 0.25) is 5.91 Å². The lowest BCUT2D eigenvalue weighted by atomic mass is 9.89. The molecule has 0 spiro atoms. The fourth-order valence-corrected chi connectivity index (χ4v) is 3.75. The lowest BCUT2D eigenvalue weighted by Crippen LogP contribution is -2.29. The second-order valence-electron chi connectivity index (χ2n) is 7.13. The quantitative estimate of drug-likeness (QED) is 0.706. The van der Waals surface area contributed by atoms with Crippen LogP contribution in [0.3, 0.4) is 0 Å². The molecule has 1 aromatic carbocycles. The molecule has 0 bridgehead atoms. The number of nitrogens with one attached hydrogen (secondary N) is 1. The van der Waals surface area contributed by atoms with Crippen LogP contribution < -0.4 is 5.32 Å². The molecule has 2 heterocycles. The summed E-state index contributed by atoms with van der Waals surface area (Å²) in [6.07, 6.45) is 4.16. The highest BCUT2D eigenvalue weighted by molar-refractivity contribution is 6.02. The summed E-state index contributed by atoms with van der Waals surface area (Å²) in [4.78, 5) is 29.8. The molecule has 0 saturated heterocycles. The molecule has 1 N–H and O–H groups in total. The largest absolute Gasteiger partial charge is 0.462 e. The average molecular weight is 377 g/mol. The molecule has 6 heteroatoms. The van der Waals surface area contributed by atoms with E-state index in [1.165, 1.54) is 5.56 Å². The van der Waals surface area contributed by atoms with Crippen LogP contribution in [0.5, 0.6) is 0 Å². The molecular weight excluding hydrogens is 354 g/mol. The van der Waals surface area contributed by atoms with Crippen molar-refractivity contribution in [3.05, 3.63) is 65.1 Å². The van der Waals surface area contributed by atoms with Gasteiger partial charge in [0.15, 0.2) is 0 Å². The molecule has 0 aliphatic heterocycles. The van der Waals surface area contributed by atoms with Gasteiger partial charge in [0.25, 0.3) is 0 Å². The summed E-state index contributed by atoms with van der Waals surface area (Å²) in [5.74, 6) is -0.671. The van der Waals surface area contributed by atoms with Crippen LogP contribution in [-0.2, 0) is 22.4 Å². The van der Waals surface area contributed by atoms with Gasteiger partial charge in [-0.05, 0) is 56.5 Å². The molecule has 0 fully saturated rings. The Balaban J connectivity index is 1.55. The molecule has 1 aliphatic rings. The Kier molecular flexibility index (Phi) is 4.86. The highest BCUT2D eigenvalue weighted by Crippen LogP contribution is 2.28. The topological polar surface area (TPSA) is 72.7 Å². The van der Waals surface area contributed by atoms with Gasteiger partial charge >= 0.3 is 5.97 Å². The number of aryl methyl sites for hydroxylation is 2. The summed E-state index contributed by atoms with van der Waals surface area (Å²) in [5, 5.41) is 2.93. The van der Waals surface area contributed by atoms with Crippen LogP contribution in [-0.4, -0.2) is 27.9 Å². The van der Waals surface area contributed by atoms with Gasteiger partial charge in [-0.15, -0.1) is 0 Å². The SMILES string of the molecule is CCOC(=O)c1ccccc1NC(=O)C1CCc2nc3cc(C)ccn3c2C1. The monoisotopic (exact) mass is 377 g/mol. The first kappa shape index (κ1) is 18.2. The summed E-state index contributed by atoms with van der Waals surface area (Å²) in [5.41, 5.74) is 5.13. The summed E-state index contributed by atoms with van der Waals surface area (Å²) < 4.78 is 7.17. The number of benzene rings is 1. The average Bonchev–Trinajstić information content (AvgIpc) is 3.05. The van der Waals surface area contributed by atoms with E-state index in [1.807, 2.05) is 19.2 Å². The van der Waals surface area contributed by atoms with E-state index in [9.17, 15) is 9.59 Å². The zero-order chi connectivity index (χ0) is 19.7. The number of para-hydroxylation sites is 1. The maximum Gasteiger partial charge on any atom is 0.340 e. The van der Waals surface area contributed by atoms with E-state index in [2.05, 4.69) is 15.8 Å². The number of anilines is 1. The van der Waals surface area contributed by atoms with E-state index in [1.54, 1.807) is 31.2 Å². The van der Waals surface area contributed by atoms with Crippen molar-refractivity contribution in [1.82, 2.24) is 9.38 Å². The minimum Gasteiger partial charge on any atom is -0.462 e. The first-order valence-corrected chi connectivity index (χ1v) is 9.60. The number of fused-ring (bicyclic) bond motifs is 3. The Morgan fingerprint density at radius 2 is 2.11 bits per heavy atom. The predicted octanol–water partition coefficient (Wildman–Crippen LogP) is 3.56. The fourth-order valence-electron chi connectivity index (χ4n) is 3.75. The molecule has 3 aromatic rings. The summed E-state index contributed by atoms with van der Waals surface area (Å²) in [7, 11) is 0. The normalized spacial score (nSPS) is 15.9. The van der Waals surface area contributed by atoms with Crippen LogP contribution >= 0.6 is 0 Å². The van der Waals surface area contributed by atoms with E-state index in [-0.39, 0.29) is 11.8 Å². The molecule has 6 nitrogen and oxygen atoms in total. The third kappa shape index (κ3) is 3.38. The number of hydrogen-bond acceptors (Lipinski definition) is 4. The van der Waals surface area contributed by atoms with Gasteiger partial charge in [0, 0.05) is 24.2 Å². The van der Waals surface area contributed by atoms with E-state index < -0.39 is 5.97 Å². The van der Waals surface area contributed by atoms with Crippen molar-refractivity contribution in [3.8, 4) is 0 Å². The van der Waals surface area contributed by atoms with Gasteiger partial charge in [0.1, 0.15) is 5.65 Å². The second-order valence-corrected chi connectivity index (χ2v) is 7.13. The first-order chi connectivity index (χ1) is 13.6. The Morgan fingerprint density at radius 3 is 2.93 bits per heavy atom. The molecule has 28 heavy (non-hydrogen) atoms. The molecule has 1 atom stereocenters. The van der Waals surface area contributed by atoms with E-state index in [4.69, 9.17) is 9.72 Å². The van der Waals surface area contributed by atoms with Crippen LogP contribution in [0.4, 0.5) is 5.69 Å². The second kappa shape index (κ2) is 7.46. The predicted molar refractivity (Wildman–Crippen MR) is 106 cm³/mol. The number of nitrogens with zero attached hydrogens (tertiary/aromatic N) is 2. The van der Waals surface area contributed by atoms with Crippen LogP contribution in [0.15, 0.2) is 42.6 Å². The minimum absolute atomic E-state index is 0.0792. The number of amides is 1. The van der Waals surface area contributed by atoms with Crippen LogP contribution in [0, 0.1) is 12.8 Å². The van der Waals surface area contributed by atoms with Gasteiger partial charge in [-0.25, -0.2) is 9.78 Å². The van der Waals surface area contributed by atoms with Crippen molar-refractivity contribution in [2.75, 3.05) is 11.9 Å². The number of carbonyl (C=O) groups is 2. The Bertz CT molecular complexity index is 1050. The van der Waals surface area contributed by atoms with Crippen molar-refractivity contribution < 1.29 is 14.3 Å². The standard InChI is InChI=1S/C22H23N3O3/c1-3-28-22(27)16-6-4-5-7-17(16)24-21(26)15-8-9-18-19(13-15)25-11-10-14(2)12-20(25)23-18/h4-7,10-12,15H,3,8-9,13H2,1-2H3,(H,24,26). The Labute approximate surface area is 163 Å². The van der Waals surface area contributed by atoms with Gasteiger partial charge in [-0.2, -0.15) is 0 Å². The fraction of sp³-hybridized carbons (Fsp3) is 0.318. The smallest absolute Gasteiger partial charge is 0.340 e. The molecule has 1 unspecified atom stereocenters. The van der Waals surface area contributed by atoms with Crippen molar-refractivity contribution in [3.63, 3.8) is 0 Å². The van der Waals surface area contributed by atoms with Crippen molar-refractivity contribution >= 4 is 23.2 Å². The Morgan fingerprint density at radius 1 is 1.29 bits per heavy atom. The molecule has 4 rings (SSSR count). The third-order valence-electron chi connectivity index (χ3n) is 5.18. The number of ether oxygens (including phenoxy) is 1. The maximum absolute atomic E-state index is 12.9. The van der Waals surface area contributed by atoms with Crippen LogP contribution in [0.1, 0.15) is 40.7 Å². The Hall–Kier alpha value is -3.15. The van der Waals surface area contributed by atoms with Gasteiger partial charge < -0.3 is 14.5 Å². The zero-order valence-electron chi connectivity index (χ0n) is 16.1. The first-order valence-electron chi connectivity index (χ1n) is 9.60. The number of pyridine rings is 1. The molecule has 0 radical (unpaired) electrons. The molecule has 1 amide bonds. The van der Waals surface area contributed by atoms with Crippen molar-refractivity contribution in [1.29, 1.82) is 0 Å². The van der Waals surface area contributed by atoms with Crippen molar-refractivity contribution in [2.24, 2.45) is 5.92 Å². The molecular formula is C22H23N3O3. The van der Waals surface area contributed by atoms with E-state index in [0.29, 0.717) is 24.3 Å². The third-order valence-corrected chi connectivity index (χ3v) is 5.18. The highest BCUT2D eigenvalue weighted by Gasteiger charge is 2.29. The van der Waals surface area contributed by atoms with Crippen LogP contribution in [0.25, 0.3) is 5.65 Å². The number of hydrogen-bond donors (Lipinski definition) is 1. The van der Waals surface area contributed by atoms with Gasteiger partial charge in [-0.3, -0.25) is 4.79 Å². The van der Waals surface area contributed by atoms with Gasteiger partial charge in [-0.1, -0.05) is 12.1 Å².